The Morgan fingerprint density at radius 3 is 3.03 bits per heavy atom. The second-order valence-electron chi connectivity index (χ2n) is 7.32. The molecule has 1 saturated heterocycles. The fraction of sp³-hybridized carbons (Fsp3) is 0.227. The molecule has 3 aromatic heterocycles. The number of hydrogen-bond donors (Lipinski definition) is 2. The van der Waals surface area contributed by atoms with E-state index < -0.39 is 0 Å². The van der Waals surface area contributed by atoms with E-state index in [4.69, 9.17) is 0 Å². The number of aromatic amines is 1. The molecule has 1 atom stereocenters. The number of carbonyl (C=O) groups is 1. The monoisotopic (exact) mass is 403 g/mol. The average molecular weight is 404 g/mol. The lowest BCUT2D eigenvalue weighted by atomic mass is 10.2. The summed E-state index contributed by atoms with van der Waals surface area (Å²) in [5.41, 5.74) is 3.90. The van der Waals surface area contributed by atoms with E-state index in [1.807, 2.05) is 29.8 Å². The minimum atomic E-state index is -0.0919. The van der Waals surface area contributed by atoms with Gasteiger partial charge in [-0.05, 0) is 24.1 Å². The Morgan fingerprint density at radius 2 is 2.14 bits per heavy atom. The Balaban J connectivity index is 1.23. The molecule has 146 valence electrons. The molecule has 0 saturated carbocycles. The number of aromatic nitrogens is 3. The van der Waals surface area contributed by atoms with Gasteiger partial charge in [0.25, 0.3) is 5.91 Å². The predicted octanol–water partition coefficient (Wildman–Crippen LogP) is 3.69. The summed E-state index contributed by atoms with van der Waals surface area (Å²) < 4.78 is 0. The first kappa shape index (κ1) is 18.0. The van der Waals surface area contributed by atoms with Gasteiger partial charge in [-0.25, -0.2) is 9.97 Å². The summed E-state index contributed by atoms with van der Waals surface area (Å²) >= 11 is 1.38. The van der Waals surface area contributed by atoms with Gasteiger partial charge in [0.2, 0.25) is 0 Å². The standard InChI is InChI=1S/C22H21N5OS/c28-21(25-16-8-10-27(13-16)12-15-5-2-1-3-6-15)22-26-19(14-29-22)18-11-24-20-17(18)7-4-9-23-20/h1-7,9,11,14,16H,8,10,12-13H2,(H,23,24)(H,25,28). The normalized spacial score (nSPS) is 17.0. The Morgan fingerprint density at radius 1 is 1.24 bits per heavy atom. The zero-order valence-corrected chi connectivity index (χ0v) is 16.7. The zero-order chi connectivity index (χ0) is 19.6. The number of thiazole rings is 1. The van der Waals surface area contributed by atoms with Crippen molar-refractivity contribution in [1.82, 2.24) is 25.2 Å². The second-order valence-corrected chi connectivity index (χ2v) is 8.18. The van der Waals surface area contributed by atoms with Gasteiger partial charge in [-0.15, -0.1) is 11.3 Å². The Labute approximate surface area is 172 Å². The SMILES string of the molecule is O=C(NC1CCN(Cc2ccccc2)C1)c1nc(-c2c[nH]c3ncccc23)cs1. The van der Waals surface area contributed by atoms with Gasteiger partial charge in [0.15, 0.2) is 5.01 Å². The summed E-state index contributed by atoms with van der Waals surface area (Å²) in [5.74, 6) is -0.0919. The maximum atomic E-state index is 12.7. The maximum Gasteiger partial charge on any atom is 0.280 e. The first-order valence-electron chi connectivity index (χ1n) is 9.71. The molecule has 5 rings (SSSR count). The molecule has 1 aliphatic rings. The second kappa shape index (κ2) is 7.77. The average Bonchev–Trinajstić information content (AvgIpc) is 3.48. The fourth-order valence-electron chi connectivity index (χ4n) is 3.85. The highest BCUT2D eigenvalue weighted by molar-refractivity contribution is 7.12. The summed E-state index contributed by atoms with van der Waals surface area (Å²) in [7, 11) is 0. The largest absolute Gasteiger partial charge is 0.346 e. The first-order valence-corrected chi connectivity index (χ1v) is 10.6. The number of nitrogens with one attached hydrogen (secondary N) is 2. The van der Waals surface area contributed by atoms with Gasteiger partial charge >= 0.3 is 0 Å². The molecule has 0 spiro atoms. The number of fused-ring (bicyclic) bond motifs is 1. The van der Waals surface area contributed by atoms with E-state index in [2.05, 4.69) is 49.4 Å². The molecule has 1 amide bonds. The highest BCUT2D eigenvalue weighted by Crippen LogP contribution is 2.28. The number of hydrogen-bond acceptors (Lipinski definition) is 5. The van der Waals surface area contributed by atoms with Crippen LogP contribution >= 0.6 is 11.3 Å². The van der Waals surface area contributed by atoms with E-state index in [1.54, 1.807) is 6.20 Å². The van der Waals surface area contributed by atoms with Crippen LogP contribution in [0.4, 0.5) is 0 Å². The molecule has 29 heavy (non-hydrogen) atoms. The maximum absolute atomic E-state index is 12.7. The molecule has 2 N–H and O–H groups in total. The molecule has 6 nitrogen and oxygen atoms in total. The molecule has 0 bridgehead atoms. The van der Waals surface area contributed by atoms with E-state index in [0.29, 0.717) is 5.01 Å². The summed E-state index contributed by atoms with van der Waals surface area (Å²) in [4.78, 5) is 27.1. The molecule has 1 aromatic carbocycles. The Hall–Kier alpha value is -3.03. The van der Waals surface area contributed by atoms with Crippen molar-refractivity contribution in [3.05, 3.63) is 70.8 Å². The van der Waals surface area contributed by atoms with Gasteiger partial charge in [-0.3, -0.25) is 9.69 Å². The highest BCUT2D eigenvalue weighted by atomic mass is 32.1. The number of rotatable bonds is 5. The van der Waals surface area contributed by atoms with Crippen LogP contribution in [0.25, 0.3) is 22.3 Å². The smallest absolute Gasteiger partial charge is 0.280 e. The lowest BCUT2D eigenvalue weighted by Gasteiger charge is -2.16. The minimum absolute atomic E-state index is 0.0919. The van der Waals surface area contributed by atoms with E-state index in [1.165, 1.54) is 16.9 Å². The van der Waals surface area contributed by atoms with Crippen LogP contribution in [0.2, 0.25) is 0 Å². The van der Waals surface area contributed by atoms with Crippen LogP contribution in [0.15, 0.2) is 60.2 Å². The van der Waals surface area contributed by atoms with Crippen molar-refractivity contribution in [2.75, 3.05) is 13.1 Å². The van der Waals surface area contributed by atoms with E-state index in [0.717, 1.165) is 48.3 Å². The molecular weight excluding hydrogens is 382 g/mol. The number of amides is 1. The number of nitrogens with zero attached hydrogens (tertiary/aromatic N) is 3. The van der Waals surface area contributed by atoms with Crippen LogP contribution < -0.4 is 5.32 Å². The van der Waals surface area contributed by atoms with Gasteiger partial charge < -0.3 is 10.3 Å². The quantitative estimate of drug-likeness (QED) is 0.533. The Kier molecular flexibility index (Phi) is 4.83. The van der Waals surface area contributed by atoms with Crippen molar-refractivity contribution in [3.63, 3.8) is 0 Å². The summed E-state index contributed by atoms with van der Waals surface area (Å²) in [6.07, 6.45) is 4.61. The lowest BCUT2D eigenvalue weighted by Crippen LogP contribution is -2.36. The van der Waals surface area contributed by atoms with Gasteiger partial charge in [-0.2, -0.15) is 0 Å². The van der Waals surface area contributed by atoms with Gasteiger partial charge in [0.1, 0.15) is 5.65 Å². The van der Waals surface area contributed by atoms with Crippen LogP contribution in [0.3, 0.4) is 0 Å². The van der Waals surface area contributed by atoms with Crippen molar-refractivity contribution in [2.45, 2.75) is 19.0 Å². The third-order valence-corrected chi connectivity index (χ3v) is 6.12. The van der Waals surface area contributed by atoms with E-state index in [-0.39, 0.29) is 11.9 Å². The van der Waals surface area contributed by atoms with Crippen molar-refractivity contribution in [1.29, 1.82) is 0 Å². The minimum Gasteiger partial charge on any atom is -0.346 e. The highest BCUT2D eigenvalue weighted by Gasteiger charge is 2.25. The number of pyridine rings is 1. The summed E-state index contributed by atoms with van der Waals surface area (Å²) in [6, 6.07) is 14.5. The Bertz CT molecular complexity index is 1140. The first-order chi connectivity index (χ1) is 14.3. The third kappa shape index (κ3) is 3.79. The molecule has 0 radical (unpaired) electrons. The number of H-pyrrole nitrogens is 1. The van der Waals surface area contributed by atoms with Gasteiger partial charge in [-0.1, -0.05) is 30.3 Å². The van der Waals surface area contributed by atoms with Crippen molar-refractivity contribution in [2.24, 2.45) is 0 Å². The third-order valence-electron chi connectivity index (χ3n) is 5.28. The van der Waals surface area contributed by atoms with Crippen LogP contribution in [0.1, 0.15) is 21.8 Å². The summed E-state index contributed by atoms with van der Waals surface area (Å²) in [5, 5.41) is 6.60. The summed E-state index contributed by atoms with van der Waals surface area (Å²) in [6.45, 7) is 2.78. The fourth-order valence-corrected chi connectivity index (χ4v) is 4.57. The molecule has 1 aliphatic heterocycles. The molecule has 4 heterocycles. The molecule has 7 heteroatoms. The van der Waals surface area contributed by atoms with E-state index in [9.17, 15) is 4.79 Å². The molecule has 0 aliphatic carbocycles. The van der Waals surface area contributed by atoms with Crippen LogP contribution in [0.5, 0.6) is 0 Å². The van der Waals surface area contributed by atoms with Gasteiger partial charge in [0, 0.05) is 54.4 Å². The van der Waals surface area contributed by atoms with Crippen LogP contribution in [-0.2, 0) is 6.54 Å². The predicted molar refractivity (Wildman–Crippen MR) is 115 cm³/mol. The van der Waals surface area contributed by atoms with Crippen molar-refractivity contribution < 1.29 is 4.79 Å². The topological polar surface area (TPSA) is 73.9 Å². The number of benzene rings is 1. The van der Waals surface area contributed by atoms with Crippen molar-refractivity contribution >= 4 is 28.3 Å². The molecule has 4 aromatic rings. The van der Waals surface area contributed by atoms with Gasteiger partial charge in [0.05, 0.1) is 5.69 Å². The number of likely N-dealkylation sites (tertiary alicyclic amines) is 1. The number of carbonyl (C=O) groups excluding carboxylic acids is 1. The molecule has 1 fully saturated rings. The van der Waals surface area contributed by atoms with Crippen LogP contribution in [-0.4, -0.2) is 44.9 Å². The molecule has 1 unspecified atom stereocenters. The zero-order valence-electron chi connectivity index (χ0n) is 15.8. The van der Waals surface area contributed by atoms with Crippen LogP contribution in [0, 0.1) is 0 Å². The van der Waals surface area contributed by atoms with Crippen molar-refractivity contribution in [3.8, 4) is 11.3 Å². The molecular formula is C22H21N5OS. The van der Waals surface area contributed by atoms with E-state index >= 15 is 0 Å². The lowest BCUT2D eigenvalue weighted by molar-refractivity contribution is 0.0937.